The molecule has 0 bridgehead atoms. The van der Waals surface area contributed by atoms with Crippen molar-refractivity contribution in [2.45, 2.75) is 19.5 Å². The molecule has 0 radical (unpaired) electrons. The summed E-state index contributed by atoms with van der Waals surface area (Å²) in [7, 11) is 0. The van der Waals surface area contributed by atoms with E-state index in [1.165, 1.54) is 0 Å². The molecule has 134 valence electrons. The van der Waals surface area contributed by atoms with Gasteiger partial charge in [-0.05, 0) is 42.5 Å². The Balaban J connectivity index is 1.53. The van der Waals surface area contributed by atoms with Crippen LogP contribution in [-0.4, -0.2) is 21.4 Å². The van der Waals surface area contributed by atoms with Crippen molar-refractivity contribution in [1.82, 2.24) is 14.9 Å². The van der Waals surface area contributed by atoms with Crippen LogP contribution in [0.1, 0.15) is 17.0 Å². The van der Waals surface area contributed by atoms with Gasteiger partial charge in [0.1, 0.15) is 11.5 Å². The minimum atomic E-state index is -0.124. The second kappa shape index (κ2) is 7.04. The normalized spacial score (nSPS) is 14.4. The number of nitrogens with zero attached hydrogens (tertiary/aromatic N) is 1. The van der Waals surface area contributed by atoms with E-state index in [1.54, 1.807) is 12.1 Å². The highest BCUT2D eigenvalue weighted by Crippen LogP contribution is 2.32. The summed E-state index contributed by atoms with van der Waals surface area (Å²) in [6, 6.07) is 9.14. The van der Waals surface area contributed by atoms with Crippen molar-refractivity contribution in [1.29, 1.82) is 0 Å². The second-order valence-corrected chi connectivity index (χ2v) is 7.47. The second-order valence-electron chi connectivity index (χ2n) is 6.22. The van der Waals surface area contributed by atoms with Crippen LogP contribution in [0.25, 0.3) is 11.3 Å². The summed E-state index contributed by atoms with van der Waals surface area (Å²) < 4.78 is 6.32. The van der Waals surface area contributed by atoms with Gasteiger partial charge in [-0.3, -0.25) is 14.7 Å². The fraction of sp³-hybridized carbons (Fsp3) is 0.222. The number of H-pyrrole nitrogens is 2. The predicted octanol–water partition coefficient (Wildman–Crippen LogP) is 4.56. The molecule has 2 N–H and O–H groups in total. The minimum Gasteiger partial charge on any atom is -0.460 e. The van der Waals surface area contributed by atoms with Gasteiger partial charge in [-0.2, -0.15) is 0 Å². The smallest absolute Gasteiger partial charge is 0.256 e. The van der Waals surface area contributed by atoms with Crippen LogP contribution in [0.2, 0.25) is 10.0 Å². The molecular formula is C18H15Cl2N3O2S. The molecule has 0 unspecified atom stereocenters. The van der Waals surface area contributed by atoms with Crippen LogP contribution >= 0.6 is 35.4 Å². The third-order valence-electron chi connectivity index (χ3n) is 4.43. The molecular weight excluding hydrogens is 393 g/mol. The summed E-state index contributed by atoms with van der Waals surface area (Å²) >= 11 is 17.2. The topological polar surface area (TPSA) is 65.0 Å². The number of rotatable bonds is 3. The number of fused-ring (bicyclic) bond motifs is 1. The molecule has 0 saturated carbocycles. The van der Waals surface area contributed by atoms with Crippen LogP contribution in [0.15, 0.2) is 39.5 Å². The van der Waals surface area contributed by atoms with E-state index in [1.807, 2.05) is 18.2 Å². The van der Waals surface area contributed by atoms with E-state index in [2.05, 4.69) is 14.9 Å². The number of benzene rings is 1. The van der Waals surface area contributed by atoms with Crippen LogP contribution in [0.5, 0.6) is 0 Å². The van der Waals surface area contributed by atoms with E-state index in [-0.39, 0.29) is 5.56 Å². The quantitative estimate of drug-likeness (QED) is 0.624. The molecule has 0 amide bonds. The van der Waals surface area contributed by atoms with Gasteiger partial charge < -0.3 is 9.40 Å². The molecule has 0 aliphatic carbocycles. The highest BCUT2D eigenvalue weighted by molar-refractivity contribution is 7.71. The van der Waals surface area contributed by atoms with Gasteiger partial charge >= 0.3 is 0 Å². The number of furan rings is 1. The highest BCUT2D eigenvalue weighted by Gasteiger charge is 2.21. The number of halogens is 2. The highest BCUT2D eigenvalue weighted by atomic mass is 35.5. The number of hydrogen-bond acceptors (Lipinski definition) is 4. The molecule has 1 aromatic carbocycles. The van der Waals surface area contributed by atoms with E-state index < -0.39 is 0 Å². The molecule has 8 heteroatoms. The van der Waals surface area contributed by atoms with Gasteiger partial charge in [0.15, 0.2) is 4.77 Å². The SMILES string of the molecule is O=c1[nH]c(=S)[nH]c2c1CN(Cc1ccc(-c3ccc(Cl)cc3Cl)o1)CC2. The molecule has 1 aliphatic heterocycles. The number of hydrogen-bond donors (Lipinski definition) is 2. The molecule has 3 heterocycles. The fourth-order valence-electron chi connectivity index (χ4n) is 3.16. The number of nitrogens with one attached hydrogen (secondary N) is 2. The van der Waals surface area contributed by atoms with Crippen LogP contribution < -0.4 is 5.56 Å². The summed E-state index contributed by atoms with van der Waals surface area (Å²) in [4.78, 5) is 20.0. The Labute approximate surface area is 164 Å². The van der Waals surface area contributed by atoms with Crippen molar-refractivity contribution in [3.05, 3.63) is 72.5 Å². The van der Waals surface area contributed by atoms with Gasteiger partial charge in [0.05, 0.1) is 17.1 Å². The van der Waals surface area contributed by atoms with E-state index in [9.17, 15) is 4.79 Å². The first-order valence-electron chi connectivity index (χ1n) is 8.10. The minimum absolute atomic E-state index is 0.124. The van der Waals surface area contributed by atoms with Crippen LogP contribution in [0, 0.1) is 4.77 Å². The fourth-order valence-corrected chi connectivity index (χ4v) is 3.88. The summed E-state index contributed by atoms with van der Waals surface area (Å²) in [5.41, 5.74) is 2.33. The molecule has 0 fully saturated rings. The lowest BCUT2D eigenvalue weighted by Gasteiger charge is -2.26. The van der Waals surface area contributed by atoms with Crippen LogP contribution in [-0.2, 0) is 19.5 Å². The summed E-state index contributed by atoms with van der Waals surface area (Å²) in [5.74, 6) is 1.51. The monoisotopic (exact) mass is 407 g/mol. The molecule has 0 saturated heterocycles. The standard InChI is InChI=1S/C18H15Cl2N3O2S/c19-10-1-3-12(14(20)7-10)16-4-2-11(25-16)8-23-6-5-15-13(9-23)17(24)22-18(26)21-15/h1-4,7H,5-6,8-9H2,(H2,21,22,24,26). The molecule has 26 heavy (non-hydrogen) atoms. The van der Waals surface area contributed by atoms with Crippen LogP contribution in [0.4, 0.5) is 0 Å². The lowest BCUT2D eigenvalue weighted by molar-refractivity contribution is 0.223. The summed E-state index contributed by atoms with van der Waals surface area (Å²) in [6.07, 6.45) is 0.749. The molecule has 5 nitrogen and oxygen atoms in total. The number of aromatic nitrogens is 2. The van der Waals surface area contributed by atoms with E-state index >= 15 is 0 Å². The van der Waals surface area contributed by atoms with Crippen LogP contribution in [0.3, 0.4) is 0 Å². The largest absolute Gasteiger partial charge is 0.460 e. The first-order valence-corrected chi connectivity index (χ1v) is 9.27. The van der Waals surface area contributed by atoms with Gasteiger partial charge in [-0.15, -0.1) is 0 Å². The first kappa shape index (κ1) is 17.5. The van der Waals surface area contributed by atoms with Gasteiger partial charge in [-0.25, -0.2) is 0 Å². The zero-order chi connectivity index (χ0) is 18.3. The maximum absolute atomic E-state index is 12.1. The average molecular weight is 408 g/mol. The zero-order valence-electron chi connectivity index (χ0n) is 13.6. The van der Waals surface area contributed by atoms with Gasteiger partial charge in [0, 0.05) is 35.8 Å². The lowest BCUT2D eigenvalue weighted by Crippen LogP contribution is -2.35. The maximum Gasteiger partial charge on any atom is 0.256 e. The average Bonchev–Trinajstić information content (AvgIpc) is 3.03. The van der Waals surface area contributed by atoms with Crippen molar-refractivity contribution >= 4 is 35.4 Å². The van der Waals surface area contributed by atoms with Crippen molar-refractivity contribution in [2.75, 3.05) is 6.54 Å². The summed E-state index contributed by atoms with van der Waals surface area (Å²) in [5, 5.41) is 1.13. The molecule has 2 aromatic heterocycles. The molecule has 0 spiro atoms. The molecule has 1 aliphatic rings. The maximum atomic E-state index is 12.1. The molecule has 4 rings (SSSR count). The Morgan fingerprint density at radius 3 is 2.85 bits per heavy atom. The van der Waals surface area contributed by atoms with E-state index in [0.717, 1.165) is 35.5 Å². The van der Waals surface area contributed by atoms with Crippen molar-refractivity contribution < 1.29 is 4.42 Å². The van der Waals surface area contributed by atoms with Crippen molar-refractivity contribution in [3.8, 4) is 11.3 Å². The molecule has 0 atom stereocenters. The Bertz CT molecular complexity index is 1090. The Kier molecular flexibility index (Phi) is 4.75. The Hall–Kier alpha value is -1.86. The lowest BCUT2D eigenvalue weighted by atomic mass is 10.1. The third-order valence-corrected chi connectivity index (χ3v) is 5.18. The number of aromatic amines is 2. The van der Waals surface area contributed by atoms with Crippen molar-refractivity contribution in [2.24, 2.45) is 0 Å². The van der Waals surface area contributed by atoms with Gasteiger partial charge in [0.25, 0.3) is 5.56 Å². The molecule has 3 aromatic rings. The third kappa shape index (κ3) is 3.50. The van der Waals surface area contributed by atoms with E-state index in [4.69, 9.17) is 39.8 Å². The van der Waals surface area contributed by atoms with Gasteiger partial charge in [-0.1, -0.05) is 23.2 Å². The predicted molar refractivity (Wildman–Crippen MR) is 104 cm³/mol. The zero-order valence-corrected chi connectivity index (χ0v) is 16.0. The summed E-state index contributed by atoms with van der Waals surface area (Å²) in [6.45, 7) is 1.98. The Morgan fingerprint density at radius 2 is 2.04 bits per heavy atom. The van der Waals surface area contributed by atoms with E-state index in [0.29, 0.717) is 33.7 Å². The van der Waals surface area contributed by atoms with Gasteiger partial charge in [0.2, 0.25) is 0 Å². The first-order chi connectivity index (χ1) is 12.5. The Morgan fingerprint density at radius 1 is 1.19 bits per heavy atom. The van der Waals surface area contributed by atoms with Crippen molar-refractivity contribution in [3.63, 3.8) is 0 Å².